The lowest BCUT2D eigenvalue weighted by Crippen LogP contribution is -2.31. The summed E-state index contributed by atoms with van der Waals surface area (Å²) in [5, 5.41) is 2.80. The summed E-state index contributed by atoms with van der Waals surface area (Å²) < 4.78 is 16.5. The molecule has 0 saturated heterocycles. The van der Waals surface area contributed by atoms with Crippen molar-refractivity contribution in [2.24, 2.45) is 5.73 Å². The van der Waals surface area contributed by atoms with E-state index in [4.69, 9.17) is 22.7 Å². The van der Waals surface area contributed by atoms with Crippen LogP contribution in [0.3, 0.4) is 0 Å². The number of rotatable bonds is 8. The third-order valence-corrected chi connectivity index (χ3v) is 4.55. The Kier molecular flexibility index (Phi) is 7.31. The number of hydrogen-bond donors (Lipinski definition) is 2. The van der Waals surface area contributed by atoms with Crippen LogP contribution >= 0.6 is 12.2 Å². The van der Waals surface area contributed by atoms with E-state index in [2.05, 4.69) is 5.32 Å². The summed E-state index contributed by atoms with van der Waals surface area (Å²) >= 11 is 4.85. The molecule has 1 aromatic carbocycles. The highest BCUT2D eigenvalue weighted by Gasteiger charge is 2.07. The van der Waals surface area contributed by atoms with E-state index in [0.717, 1.165) is 5.56 Å². The van der Waals surface area contributed by atoms with Gasteiger partial charge in [-0.3, -0.25) is 9.00 Å². The number of ether oxygens (including phenoxy) is 1. The summed E-state index contributed by atoms with van der Waals surface area (Å²) in [5.41, 5.74) is 6.24. The predicted octanol–water partition coefficient (Wildman–Crippen LogP) is 0.973. The first-order chi connectivity index (χ1) is 9.90. The first-order valence-electron chi connectivity index (χ1n) is 6.51. The normalized spacial score (nSPS) is 13.2. The van der Waals surface area contributed by atoms with Gasteiger partial charge in [-0.15, -0.1) is 0 Å². The van der Waals surface area contributed by atoms with E-state index < -0.39 is 10.8 Å². The minimum absolute atomic E-state index is 0.0595. The van der Waals surface area contributed by atoms with Crippen LogP contribution in [0.25, 0.3) is 0 Å². The van der Waals surface area contributed by atoms with Gasteiger partial charge in [0.1, 0.15) is 10.7 Å². The van der Waals surface area contributed by atoms with Crippen LogP contribution < -0.4 is 15.8 Å². The highest BCUT2D eigenvalue weighted by molar-refractivity contribution is 7.84. The number of benzene rings is 1. The topological polar surface area (TPSA) is 81.4 Å². The van der Waals surface area contributed by atoms with Gasteiger partial charge in [0.2, 0.25) is 0 Å². The molecular formula is C14H20N2O3S2. The summed E-state index contributed by atoms with van der Waals surface area (Å²) in [6.45, 7) is 2.32. The van der Waals surface area contributed by atoms with E-state index in [9.17, 15) is 9.00 Å². The largest absolute Gasteiger partial charge is 0.484 e. The number of carbonyl (C=O) groups excluding carboxylic acids is 1. The molecule has 1 rings (SSSR count). The number of amides is 1. The molecule has 21 heavy (non-hydrogen) atoms. The average Bonchev–Trinajstić information content (AvgIpc) is 2.45. The second-order valence-corrected chi connectivity index (χ2v) is 6.87. The molecular weight excluding hydrogens is 308 g/mol. The number of nitrogens with one attached hydrogen (secondary N) is 1. The third kappa shape index (κ3) is 6.68. The Morgan fingerprint density at radius 2 is 2.05 bits per heavy atom. The quantitative estimate of drug-likeness (QED) is 0.695. The Bertz CT molecular complexity index is 517. The Labute approximate surface area is 132 Å². The predicted molar refractivity (Wildman–Crippen MR) is 89.0 cm³/mol. The van der Waals surface area contributed by atoms with Gasteiger partial charge in [0, 0.05) is 34.4 Å². The summed E-state index contributed by atoms with van der Waals surface area (Å²) in [6, 6.07) is 6.91. The van der Waals surface area contributed by atoms with Gasteiger partial charge in [-0.25, -0.2) is 0 Å². The summed E-state index contributed by atoms with van der Waals surface area (Å²) in [5.74, 6) is 0.371. The first-order valence-corrected chi connectivity index (χ1v) is 8.54. The van der Waals surface area contributed by atoms with Gasteiger partial charge in [-0.2, -0.15) is 0 Å². The lowest BCUT2D eigenvalue weighted by molar-refractivity contribution is -0.123. The molecule has 0 aromatic heterocycles. The molecule has 0 aliphatic heterocycles. The Hall–Kier alpha value is -1.47. The molecule has 1 amide bonds. The molecule has 5 nitrogen and oxygen atoms in total. The van der Waals surface area contributed by atoms with Crippen LogP contribution in [0, 0.1) is 0 Å². The monoisotopic (exact) mass is 328 g/mol. The summed E-state index contributed by atoms with van der Waals surface area (Å²) in [7, 11) is -0.868. The zero-order chi connectivity index (χ0) is 15.8. The van der Waals surface area contributed by atoms with Crippen LogP contribution in [-0.4, -0.2) is 39.8 Å². The molecule has 0 bridgehead atoms. The first kappa shape index (κ1) is 17.6. The van der Waals surface area contributed by atoms with Crippen molar-refractivity contribution in [1.82, 2.24) is 5.32 Å². The van der Waals surface area contributed by atoms with Gasteiger partial charge in [0.25, 0.3) is 5.91 Å². The lowest BCUT2D eigenvalue weighted by atomic mass is 10.2. The molecule has 0 heterocycles. The lowest BCUT2D eigenvalue weighted by Gasteiger charge is -2.10. The van der Waals surface area contributed by atoms with Gasteiger partial charge < -0.3 is 15.8 Å². The van der Waals surface area contributed by atoms with Crippen LogP contribution in [0.4, 0.5) is 0 Å². The SMILES string of the molecule is CC(CCNC(=O)COc1ccc(C(N)=S)cc1)S(C)=O. The maximum Gasteiger partial charge on any atom is 0.257 e. The molecule has 0 fully saturated rings. The van der Waals surface area contributed by atoms with Crippen LogP contribution in [0.15, 0.2) is 24.3 Å². The zero-order valence-corrected chi connectivity index (χ0v) is 13.8. The molecule has 3 N–H and O–H groups in total. The van der Waals surface area contributed by atoms with Crippen molar-refractivity contribution in [3.05, 3.63) is 29.8 Å². The number of carbonyl (C=O) groups is 1. The van der Waals surface area contributed by atoms with Gasteiger partial charge in [-0.05, 0) is 30.7 Å². The highest BCUT2D eigenvalue weighted by atomic mass is 32.2. The standard InChI is InChI=1S/C14H20N2O3S2/c1-10(21(2)18)7-8-16-13(17)9-19-12-5-3-11(4-6-12)14(15)20/h3-6,10H,7-9H2,1-2H3,(H2,15,20)(H,16,17). The summed E-state index contributed by atoms with van der Waals surface area (Å²) in [6.07, 6.45) is 2.34. The molecule has 0 spiro atoms. The third-order valence-electron chi connectivity index (χ3n) is 2.95. The molecule has 2 unspecified atom stereocenters. The fourth-order valence-electron chi connectivity index (χ4n) is 1.50. The second-order valence-electron chi connectivity index (χ2n) is 4.63. The second kappa shape index (κ2) is 8.74. The molecule has 1 aromatic rings. The van der Waals surface area contributed by atoms with E-state index in [-0.39, 0.29) is 17.8 Å². The minimum Gasteiger partial charge on any atom is -0.484 e. The Balaban J connectivity index is 2.29. The van der Waals surface area contributed by atoms with Crippen molar-refractivity contribution in [2.75, 3.05) is 19.4 Å². The number of nitrogens with two attached hydrogens (primary N) is 1. The molecule has 2 atom stereocenters. The molecule has 116 valence electrons. The summed E-state index contributed by atoms with van der Waals surface area (Å²) in [4.78, 5) is 11.9. The van der Waals surface area contributed by atoms with Crippen molar-refractivity contribution in [3.8, 4) is 5.75 Å². The van der Waals surface area contributed by atoms with Crippen molar-refractivity contribution in [3.63, 3.8) is 0 Å². The molecule has 0 aliphatic rings. The number of thiocarbonyl (C=S) groups is 1. The van der Waals surface area contributed by atoms with Crippen LogP contribution in [-0.2, 0) is 15.6 Å². The fraction of sp³-hybridized carbons (Fsp3) is 0.429. The minimum atomic E-state index is -0.868. The Morgan fingerprint density at radius 1 is 1.43 bits per heavy atom. The maximum absolute atomic E-state index is 11.6. The Morgan fingerprint density at radius 3 is 2.57 bits per heavy atom. The van der Waals surface area contributed by atoms with E-state index in [1.807, 2.05) is 6.92 Å². The van der Waals surface area contributed by atoms with Gasteiger partial charge in [-0.1, -0.05) is 19.1 Å². The van der Waals surface area contributed by atoms with Crippen molar-refractivity contribution < 1.29 is 13.7 Å². The van der Waals surface area contributed by atoms with Crippen LogP contribution in [0.2, 0.25) is 0 Å². The smallest absolute Gasteiger partial charge is 0.257 e. The molecule has 0 radical (unpaired) electrons. The van der Waals surface area contributed by atoms with Crippen LogP contribution in [0.1, 0.15) is 18.9 Å². The molecule has 7 heteroatoms. The van der Waals surface area contributed by atoms with Crippen molar-refractivity contribution in [2.45, 2.75) is 18.6 Å². The van der Waals surface area contributed by atoms with Gasteiger partial charge >= 0.3 is 0 Å². The highest BCUT2D eigenvalue weighted by Crippen LogP contribution is 2.11. The van der Waals surface area contributed by atoms with Crippen LogP contribution in [0.5, 0.6) is 5.75 Å². The van der Waals surface area contributed by atoms with E-state index in [0.29, 0.717) is 23.7 Å². The average molecular weight is 328 g/mol. The zero-order valence-electron chi connectivity index (χ0n) is 12.1. The number of hydrogen-bond acceptors (Lipinski definition) is 4. The molecule has 0 aliphatic carbocycles. The van der Waals surface area contributed by atoms with Crippen molar-refractivity contribution >= 4 is 33.9 Å². The van der Waals surface area contributed by atoms with Gasteiger partial charge in [0.15, 0.2) is 6.61 Å². The fourth-order valence-corrected chi connectivity index (χ4v) is 2.08. The van der Waals surface area contributed by atoms with Crippen molar-refractivity contribution in [1.29, 1.82) is 0 Å². The maximum atomic E-state index is 11.6. The van der Waals surface area contributed by atoms with E-state index in [1.165, 1.54) is 0 Å². The van der Waals surface area contributed by atoms with E-state index >= 15 is 0 Å². The van der Waals surface area contributed by atoms with Gasteiger partial charge in [0.05, 0.1) is 0 Å². The molecule has 0 saturated carbocycles. The van der Waals surface area contributed by atoms with E-state index in [1.54, 1.807) is 30.5 Å².